The van der Waals surface area contributed by atoms with Crippen LogP contribution in [0.2, 0.25) is 0 Å². The Kier molecular flexibility index (Phi) is 9.51. The third-order valence-corrected chi connectivity index (χ3v) is 5.34. The van der Waals surface area contributed by atoms with Crippen LogP contribution in [-0.4, -0.2) is 32.0 Å². The second-order valence-corrected chi connectivity index (χ2v) is 8.32. The number of benzene rings is 3. The molecule has 9 nitrogen and oxygen atoms in total. The van der Waals surface area contributed by atoms with E-state index in [1.54, 1.807) is 30.3 Å². The minimum atomic E-state index is -5.10. The van der Waals surface area contributed by atoms with E-state index in [0.29, 0.717) is 6.07 Å². The molecule has 0 spiro atoms. The molecular weight excluding hydrogens is 456 g/mol. The van der Waals surface area contributed by atoms with E-state index < -0.39 is 36.1 Å². The first kappa shape index (κ1) is 27.0. The van der Waals surface area contributed by atoms with Crippen LogP contribution in [0.15, 0.2) is 70.5 Å². The maximum Gasteiger partial charge on any atom is 1.00 e. The number of carbonyl (C=O) groups is 1. The van der Waals surface area contributed by atoms with Gasteiger partial charge in [-0.15, -0.1) is 0 Å². The van der Waals surface area contributed by atoms with E-state index in [1.807, 2.05) is 0 Å². The molecule has 0 heterocycles. The van der Waals surface area contributed by atoms with Crippen molar-refractivity contribution in [2.24, 2.45) is 0 Å². The van der Waals surface area contributed by atoms with Crippen molar-refractivity contribution in [2.75, 3.05) is 5.32 Å². The monoisotopic (exact) mass is 467 g/mol. The Labute approximate surface area is 216 Å². The van der Waals surface area contributed by atoms with Gasteiger partial charge in [-0.3, -0.25) is 5.32 Å². The third kappa shape index (κ3) is 6.76. The number of amides is 1. The molecule has 146 valence electrons. The molecule has 0 unspecified atom stereocenters. The maximum atomic E-state index is 12.0. The van der Waals surface area contributed by atoms with Crippen LogP contribution < -0.4 is 69.2 Å². The number of nitrogens with one attached hydrogen (secondary N) is 1. The fourth-order valence-corrected chi connectivity index (χ4v) is 3.79. The van der Waals surface area contributed by atoms with Crippen LogP contribution in [0.1, 0.15) is 0 Å². The summed E-state index contributed by atoms with van der Waals surface area (Å²) in [5.74, 6) is 0.272. The minimum absolute atomic E-state index is 0. The second kappa shape index (κ2) is 10.6. The summed E-state index contributed by atoms with van der Waals surface area (Å²) in [6.07, 6.45) is -0.865. The van der Waals surface area contributed by atoms with Crippen molar-refractivity contribution >= 4 is 42.8 Å². The van der Waals surface area contributed by atoms with Crippen LogP contribution in [0.25, 0.3) is 10.8 Å². The van der Waals surface area contributed by atoms with Crippen molar-refractivity contribution in [1.29, 1.82) is 0 Å². The minimum Gasteiger partial charge on any atom is -0.744 e. The number of rotatable bonds is 4. The Hall–Kier alpha value is -0.990. The van der Waals surface area contributed by atoms with E-state index >= 15 is 0 Å². The quantitative estimate of drug-likeness (QED) is 0.304. The van der Waals surface area contributed by atoms with Crippen LogP contribution in [0.4, 0.5) is 10.5 Å². The van der Waals surface area contributed by atoms with Gasteiger partial charge in [-0.25, -0.2) is 21.6 Å². The Bertz CT molecular complexity index is 1280. The van der Waals surface area contributed by atoms with Crippen molar-refractivity contribution in [2.45, 2.75) is 9.79 Å². The fourth-order valence-electron chi connectivity index (χ4n) is 2.47. The summed E-state index contributed by atoms with van der Waals surface area (Å²) >= 11 is 0. The smallest absolute Gasteiger partial charge is 0.744 e. The molecule has 0 aliphatic carbocycles. The van der Waals surface area contributed by atoms with Gasteiger partial charge in [0.05, 0.1) is 9.79 Å². The van der Waals surface area contributed by atoms with Crippen molar-refractivity contribution in [3.05, 3.63) is 60.7 Å². The molecule has 0 radical (unpaired) electrons. The predicted molar refractivity (Wildman–Crippen MR) is 96.0 cm³/mol. The largest absolute Gasteiger partial charge is 1.00 e. The van der Waals surface area contributed by atoms with Crippen LogP contribution in [0.3, 0.4) is 0 Å². The number of fused-ring (bicyclic) bond motifs is 1. The first-order chi connectivity index (χ1) is 13.0. The average Bonchev–Trinajstić information content (AvgIpc) is 2.60. The summed E-state index contributed by atoms with van der Waals surface area (Å²) in [5, 5.41) is 2.24. The first-order valence-corrected chi connectivity index (χ1v) is 10.4. The van der Waals surface area contributed by atoms with Gasteiger partial charge in [-0.1, -0.05) is 24.3 Å². The number of carbonyl (C=O) groups excluding carboxylic acids is 1. The summed E-state index contributed by atoms with van der Waals surface area (Å²) in [7, 11) is -10.1. The maximum absolute atomic E-state index is 12.0. The van der Waals surface area contributed by atoms with E-state index in [2.05, 4.69) is 5.32 Å². The normalized spacial score (nSPS) is 11.1. The standard InChI is InChI=1S/C17H13NO8S2.2Na/c19-17(26-13-4-2-1-3-5-13)18-12-7-6-11-8-14(27(20,21)22)10-16(15(11)9-12)28(23,24)25;;/h1-10H,(H,18,19)(H,20,21,22)(H,23,24,25);;/q;2*+1/p-2. The van der Waals surface area contributed by atoms with E-state index in [9.17, 15) is 30.7 Å². The van der Waals surface area contributed by atoms with Gasteiger partial charge in [0.15, 0.2) is 0 Å². The molecule has 0 aliphatic heterocycles. The van der Waals surface area contributed by atoms with Gasteiger partial charge in [0.1, 0.15) is 26.0 Å². The molecule has 13 heteroatoms. The van der Waals surface area contributed by atoms with Crippen LogP contribution >= 0.6 is 0 Å². The topological polar surface area (TPSA) is 153 Å². The molecule has 0 aliphatic rings. The molecule has 1 amide bonds. The molecule has 0 aromatic heterocycles. The Morgan fingerprint density at radius 1 is 0.833 bits per heavy atom. The Morgan fingerprint density at radius 2 is 1.47 bits per heavy atom. The molecule has 0 bridgehead atoms. The Balaban J connectivity index is 0.00000225. The molecule has 0 saturated carbocycles. The molecule has 0 fully saturated rings. The van der Waals surface area contributed by atoms with Gasteiger partial charge in [-0.05, 0) is 41.8 Å². The van der Waals surface area contributed by atoms with Gasteiger partial charge < -0.3 is 13.8 Å². The zero-order chi connectivity index (χ0) is 20.5. The van der Waals surface area contributed by atoms with Gasteiger partial charge in [-0.2, -0.15) is 0 Å². The van der Waals surface area contributed by atoms with Crippen molar-refractivity contribution in [3.8, 4) is 5.75 Å². The van der Waals surface area contributed by atoms with Gasteiger partial charge in [0.2, 0.25) is 0 Å². The third-order valence-electron chi connectivity index (χ3n) is 3.65. The first-order valence-electron chi connectivity index (χ1n) is 7.57. The second-order valence-electron chi connectivity index (χ2n) is 5.59. The zero-order valence-electron chi connectivity index (χ0n) is 15.9. The van der Waals surface area contributed by atoms with E-state index in [0.717, 1.165) is 12.1 Å². The summed E-state index contributed by atoms with van der Waals surface area (Å²) in [6, 6.07) is 13.3. The number of hydrogen-bond acceptors (Lipinski definition) is 8. The summed E-state index contributed by atoms with van der Waals surface area (Å²) in [5.41, 5.74) is 0.0936. The van der Waals surface area contributed by atoms with Crippen molar-refractivity contribution in [3.63, 3.8) is 0 Å². The van der Waals surface area contributed by atoms with Gasteiger partial charge in [0, 0.05) is 11.1 Å². The van der Waals surface area contributed by atoms with Crippen molar-refractivity contribution in [1.82, 2.24) is 0 Å². The summed E-state index contributed by atoms with van der Waals surface area (Å²) in [6.45, 7) is 0. The fraction of sp³-hybridized carbons (Fsp3) is 0. The average molecular weight is 467 g/mol. The molecular formula is C17H11NNa2O8S2. The number of ether oxygens (including phenoxy) is 1. The molecule has 3 rings (SSSR count). The molecule has 1 N–H and O–H groups in total. The number of hydrogen-bond donors (Lipinski definition) is 1. The number of anilines is 1. The molecule has 30 heavy (non-hydrogen) atoms. The zero-order valence-corrected chi connectivity index (χ0v) is 21.5. The van der Waals surface area contributed by atoms with E-state index in [4.69, 9.17) is 4.74 Å². The van der Waals surface area contributed by atoms with E-state index in [1.165, 1.54) is 12.1 Å². The SMILES string of the molecule is O=C(Nc1ccc2cc(S(=O)(=O)[O-])cc(S(=O)(=O)[O-])c2c1)Oc1ccccc1.[Na+].[Na+]. The van der Waals surface area contributed by atoms with Crippen LogP contribution in [0.5, 0.6) is 5.75 Å². The van der Waals surface area contributed by atoms with Crippen molar-refractivity contribution < 1.29 is 94.6 Å². The molecule has 0 atom stereocenters. The number of para-hydroxylation sites is 1. The molecule has 3 aromatic rings. The molecule has 0 saturated heterocycles. The van der Waals surface area contributed by atoms with Gasteiger partial charge >= 0.3 is 65.2 Å². The van der Waals surface area contributed by atoms with Crippen LogP contribution in [-0.2, 0) is 20.2 Å². The summed E-state index contributed by atoms with van der Waals surface area (Å²) in [4.78, 5) is 10.2. The molecule has 3 aromatic carbocycles. The van der Waals surface area contributed by atoms with E-state index in [-0.39, 0.29) is 81.3 Å². The van der Waals surface area contributed by atoms with Crippen LogP contribution in [0, 0.1) is 0 Å². The van der Waals surface area contributed by atoms with Gasteiger partial charge in [0.25, 0.3) is 0 Å². The Morgan fingerprint density at radius 3 is 2.03 bits per heavy atom. The predicted octanol–water partition coefficient (Wildman–Crippen LogP) is -3.73. The summed E-state index contributed by atoms with van der Waals surface area (Å²) < 4.78 is 73.3.